The van der Waals surface area contributed by atoms with E-state index in [9.17, 15) is 14.0 Å². The first-order valence-electron chi connectivity index (χ1n) is 10.4. The Hall–Kier alpha value is -3.68. The Morgan fingerprint density at radius 3 is 2.06 bits per heavy atom. The van der Waals surface area contributed by atoms with E-state index in [0.717, 1.165) is 11.1 Å². The molecule has 4 aromatic rings. The molecule has 0 heterocycles. The molecule has 8 heteroatoms. The van der Waals surface area contributed by atoms with Gasteiger partial charge in [0.05, 0.1) is 24.4 Å². The number of hydrogen-bond acceptors (Lipinski definition) is 6. The van der Waals surface area contributed by atoms with Crippen molar-refractivity contribution in [2.24, 2.45) is 0 Å². The van der Waals surface area contributed by atoms with E-state index in [0.29, 0.717) is 11.4 Å². The molecule has 4 aromatic carbocycles. The molecule has 0 aliphatic rings. The summed E-state index contributed by atoms with van der Waals surface area (Å²) in [5, 5.41) is 3.39. The van der Waals surface area contributed by atoms with Crippen LogP contribution in [0.15, 0.2) is 88.5 Å². The maximum Gasteiger partial charge on any atom is 0.271 e. The number of para-hydroxylation sites is 1. The minimum atomic E-state index is -0.692. The van der Waals surface area contributed by atoms with Crippen LogP contribution in [0.2, 0.25) is 0 Å². The van der Waals surface area contributed by atoms with Crippen molar-refractivity contribution in [2.45, 2.75) is 19.0 Å². The van der Waals surface area contributed by atoms with E-state index in [1.54, 1.807) is 43.5 Å². The van der Waals surface area contributed by atoms with E-state index >= 15 is 0 Å². The maximum absolute atomic E-state index is 13.4. The summed E-state index contributed by atoms with van der Waals surface area (Å²) in [4.78, 5) is 30.6. The summed E-state index contributed by atoms with van der Waals surface area (Å²) in [7, 11) is 1.57. The highest BCUT2D eigenvalue weighted by molar-refractivity contribution is 5.85. The van der Waals surface area contributed by atoms with Crippen LogP contribution in [-0.4, -0.2) is 7.11 Å². The van der Waals surface area contributed by atoms with Crippen LogP contribution < -0.4 is 31.2 Å². The molecule has 0 spiro atoms. The molecule has 0 amide bonds. The highest BCUT2D eigenvalue weighted by Crippen LogP contribution is 2.31. The SMILES string of the molecule is COc1ccc(C(N[C@H](C)c2ccc(F)cc2)c2c(ONc3ccccc3)c(=O)c2=O)cc1.Cl. The minimum Gasteiger partial charge on any atom is -0.497 e. The fourth-order valence-corrected chi connectivity index (χ4v) is 3.61. The molecule has 0 aliphatic carbocycles. The highest BCUT2D eigenvalue weighted by atomic mass is 35.5. The molecule has 6 nitrogen and oxygen atoms in total. The van der Waals surface area contributed by atoms with Gasteiger partial charge in [0.15, 0.2) is 0 Å². The summed E-state index contributed by atoms with van der Waals surface area (Å²) in [6, 6.07) is 21.5. The predicted octanol–water partition coefficient (Wildman–Crippen LogP) is 4.70. The summed E-state index contributed by atoms with van der Waals surface area (Å²) in [5.74, 6) is 0.294. The smallest absolute Gasteiger partial charge is 0.271 e. The van der Waals surface area contributed by atoms with Crippen molar-refractivity contribution in [1.82, 2.24) is 5.32 Å². The Bertz CT molecular complexity index is 1290. The van der Waals surface area contributed by atoms with Gasteiger partial charge in [-0.2, -0.15) is 0 Å². The molecular formula is C26H24ClFN2O4. The lowest BCUT2D eigenvalue weighted by molar-refractivity contribution is 0.379. The lowest BCUT2D eigenvalue weighted by Gasteiger charge is -2.26. The van der Waals surface area contributed by atoms with E-state index in [1.807, 2.05) is 37.3 Å². The number of rotatable bonds is 9. The standard InChI is InChI=1S/C26H23FN2O4.ClH/c1-16(17-8-12-19(27)13-9-17)28-23(18-10-14-21(32-2)15-11-18)22-24(30)25(31)26(22)33-29-20-6-4-3-5-7-20;/h3-16,23,28-29H,1-2H3;1H/t16-,23?;/m1./s1. The van der Waals surface area contributed by atoms with Crippen LogP contribution in [0.4, 0.5) is 10.1 Å². The second-order valence-corrected chi connectivity index (χ2v) is 7.62. The van der Waals surface area contributed by atoms with Crippen LogP contribution in [-0.2, 0) is 0 Å². The van der Waals surface area contributed by atoms with E-state index in [4.69, 9.17) is 9.57 Å². The lowest BCUT2D eigenvalue weighted by atomic mass is 9.92. The number of methoxy groups -OCH3 is 1. The molecule has 0 aromatic heterocycles. The van der Waals surface area contributed by atoms with Crippen LogP contribution in [0.3, 0.4) is 0 Å². The Labute approximate surface area is 202 Å². The van der Waals surface area contributed by atoms with Gasteiger partial charge >= 0.3 is 0 Å². The third-order valence-electron chi connectivity index (χ3n) is 5.47. The zero-order valence-electron chi connectivity index (χ0n) is 18.6. The molecule has 176 valence electrons. The van der Waals surface area contributed by atoms with E-state index < -0.39 is 16.9 Å². The summed E-state index contributed by atoms with van der Waals surface area (Å²) < 4.78 is 18.6. The van der Waals surface area contributed by atoms with Gasteiger partial charge in [0, 0.05) is 6.04 Å². The Kier molecular flexibility index (Phi) is 8.04. The van der Waals surface area contributed by atoms with Crippen molar-refractivity contribution in [3.05, 3.63) is 122 Å². The first kappa shape index (κ1) is 25.0. The van der Waals surface area contributed by atoms with Crippen molar-refractivity contribution < 1.29 is 14.0 Å². The van der Waals surface area contributed by atoms with Crippen molar-refractivity contribution in [1.29, 1.82) is 0 Å². The van der Waals surface area contributed by atoms with Crippen LogP contribution in [0, 0.1) is 5.82 Å². The molecule has 0 saturated heterocycles. The first-order chi connectivity index (χ1) is 16.0. The van der Waals surface area contributed by atoms with Gasteiger partial charge in [0.25, 0.3) is 5.43 Å². The largest absolute Gasteiger partial charge is 0.497 e. The Balaban J connectivity index is 0.00000324. The van der Waals surface area contributed by atoms with Gasteiger partial charge in [0.1, 0.15) is 11.6 Å². The second-order valence-electron chi connectivity index (χ2n) is 7.62. The summed E-state index contributed by atoms with van der Waals surface area (Å²) >= 11 is 0. The highest BCUT2D eigenvalue weighted by Gasteiger charge is 2.32. The van der Waals surface area contributed by atoms with E-state index in [2.05, 4.69) is 10.8 Å². The molecule has 0 saturated carbocycles. The third-order valence-corrected chi connectivity index (χ3v) is 5.47. The molecule has 0 aliphatic heterocycles. The normalized spacial score (nSPS) is 12.4. The summed E-state index contributed by atoms with van der Waals surface area (Å²) in [6.45, 7) is 1.90. The van der Waals surface area contributed by atoms with Crippen molar-refractivity contribution in [3.63, 3.8) is 0 Å². The van der Waals surface area contributed by atoms with Gasteiger partial charge in [0.2, 0.25) is 11.2 Å². The molecule has 0 radical (unpaired) electrons. The van der Waals surface area contributed by atoms with Gasteiger partial charge in [-0.25, -0.2) is 9.87 Å². The molecular weight excluding hydrogens is 459 g/mol. The molecule has 2 N–H and O–H groups in total. The van der Waals surface area contributed by atoms with Gasteiger partial charge in [-0.15, -0.1) is 12.4 Å². The number of nitrogens with one attached hydrogen (secondary N) is 2. The maximum atomic E-state index is 13.4. The van der Waals surface area contributed by atoms with Crippen molar-refractivity contribution in [2.75, 3.05) is 12.6 Å². The zero-order valence-corrected chi connectivity index (χ0v) is 19.4. The second kappa shape index (κ2) is 11.0. The molecule has 0 bridgehead atoms. The molecule has 4 rings (SSSR count). The van der Waals surface area contributed by atoms with E-state index in [-0.39, 0.29) is 35.6 Å². The number of benzene rings is 3. The number of halogens is 2. The van der Waals surface area contributed by atoms with Crippen LogP contribution in [0.1, 0.15) is 35.7 Å². The van der Waals surface area contributed by atoms with E-state index in [1.165, 1.54) is 12.1 Å². The monoisotopic (exact) mass is 482 g/mol. The molecule has 34 heavy (non-hydrogen) atoms. The van der Waals surface area contributed by atoms with Gasteiger partial charge in [-0.1, -0.05) is 42.5 Å². The van der Waals surface area contributed by atoms with Crippen LogP contribution >= 0.6 is 12.4 Å². The topological polar surface area (TPSA) is 76.7 Å². The first-order valence-corrected chi connectivity index (χ1v) is 10.4. The molecule has 2 atom stereocenters. The lowest BCUT2D eigenvalue weighted by Crippen LogP contribution is -2.43. The number of hydrogen-bond donors (Lipinski definition) is 2. The molecule has 1 unspecified atom stereocenters. The fourth-order valence-electron chi connectivity index (χ4n) is 3.61. The Morgan fingerprint density at radius 1 is 0.824 bits per heavy atom. The van der Waals surface area contributed by atoms with Gasteiger partial charge in [-0.3, -0.25) is 14.9 Å². The molecule has 0 fully saturated rings. The number of anilines is 1. The van der Waals surface area contributed by atoms with Crippen LogP contribution in [0.25, 0.3) is 0 Å². The van der Waals surface area contributed by atoms with Gasteiger partial charge in [-0.05, 0) is 54.4 Å². The fraction of sp³-hybridized carbons (Fsp3) is 0.154. The predicted molar refractivity (Wildman–Crippen MR) is 132 cm³/mol. The van der Waals surface area contributed by atoms with Crippen LogP contribution in [0.5, 0.6) is 11.5 Å². The zero-order chi connectivity index (χ0) is 23.4. The average Bonchev–Trinajstić information content (AvgIpc) is 2.86. The summed E-state index contributed by atoms with van der Waals surface area (Å²) in [5.41, 5.74) is 3.87. The number of ether oxygens (including phenoxy) is 1. The Morgan fingerprint density at radius 2 is 1.44 bits per heavy atom. The quantitative estimate of drug-likeness (QED) is 0.266. The summed E-state index contributed by atoms with van der Waals surface area (Å²) in [6.07, 6.45) is 0. The minimum absolute atomic E-state index is 0. The van der Waals surface area contributed by atoms with Gasteiger partial charge < -0.3 is 9.57 Å². The average molecular weight is 483 g/mol. The van der Waals surface area contributed by atoms with Crippen molar-refractivity contribution in [3.8, 4) is 11.5 Å². The van der Waals surface area contributed by atoms with Crippen molar-refractivity contribution >= 4 is 18.1 Å². The third kappa shape index (κ3) is 5.27.